The summed E-state index contributed by atoms with van der Waals surface area (Å²) in [6.45, 7) is 6.47. The molecular weight excluding hydrogens is 412 g/mol. The molecule has 1 N–H and O–H groups in total. The van der Waals surface area contributed by atoms with Gasteiger partial charge in [0.05, 0.1) is 23.7 Å². The van der Waals surface area contributed by atoms with Crippen LogP contribution in [-0.2, 0) is 21.4 Å². The first-order valence-corrected chi connectivity index (χ1v) is 11.0. The van der Waals surface area contributed by atoms with Crippen LogP contribution < -0.4 is 5.32 Å². The summed E-state index contributed by atoms with van der Waals surface area (Å²) < 4.78 is 5.01. The second kappa shape index (κ2) is 9.02. The highest BCUT2D eigenvalue weighted by Crippen LogP contribution is 2.26. The van der Waals surface area contributed by atoms with Crippen LogP contribution in [-0.4, -0.2) is 30.0 Å². The first-order chi connectivity index (χ1) is 15.8. The van der Waals surface area contributed by atoms with E-state index in [9.17, 15) is 9.59 Å². The summed E-state index contributed by atoms with van der Waals surface area (Å²) in [6, 6.07) is 22.4. The van der Waals surface area contributed by atoms with Gasteiger partial charge in [-0.15, -0.1) is 0 Å². The molecule has 5 heteroatoms. The minimum atomic E-state index is -0.811. The fourth-order valence-corrected chi connectivity index (χ4v) is 4.03. The van der Waals surface area contributed by atoms with E-state index >= 15 is 0 Å². The Morgan fingerprint density at radius 3 is 1.94 bits per heavy atom. The number of para-hydroxylation sites is 2. The molecule has 0 aliphatic heterocycles. The van der Waals surface area contributed by atoms with Gasteiger partial charge < -0.3 is 10.1 Å². The molecule has 4 rings (SSSR count). The molecule has 0 radical (unpaired) electrons. The van der Waals surface area contributed by atoms with Crippen LogP contribution in [0.1, 0.15) is 42.3 Å². The monoisotopic (exact) mass is 440 g/mol. The number of carbonyl (C=O) groups excluding carboxylic acids is 2. The first-order valence-electron chi connectivity index (χ1n) is 11.0. The number of hydrogen-bond donors (Lipinski definition) is 1. The summed E-state index contributed by atoms with van der Waals surface area (Å²) in [5.41, 5.74) is 4.16. The number of nitrogens with one attached hydrogen (secondary N) is 1. The van der Waals surface area contributed by atoms with Crippen molar-refractivity contribution in [1.29, 1.82) is 0 Å². The van der Waals surface area contributed by atoms with Gasteiger partial charge in [-0.3, -0.25) is 4.79 Å². The van der Waals surface area contributed by atoms with Crippen LogP contribution in [0.25, 0.3) is 21.8 Å². The van der Waals surface area contributed by atoms with Crippen LogP contribution >= 0.6 is 0 Å². The Hall–Kier alpha value is -3.73. The molecule has 4 aromatic rings. The van der Waals surface area contributed by atoms with E-state index in [4.69, 9.17) is 4.74 Å². The molecule has 0 unspecified atom stereocenters. The minimum absolute atomic E-state index is 0.0396. The number of pyridine rings is 1. The van der Waals surface area contributed by atoms with Crippen molar-refractivity contribution in [2.75, 3.05) is 7.11 Å². The molecular formula is C28H28N2O3. The molecule has 1 heterocycles. The van der Waals surface area contributed by atoms with Crippen LogP contribution in [0.3, 0.4) is 0 Å². The number of fused-ring (bicyclic) bond motifs is 2. The fraction of sp³-hybridized carbons (Fsp3) is 0.250. The highest BCUT2D eigenvalue weighted by atomic mass is 16.5. The number of amides is 1. The average molecular weight is 441 g/mol. The maximum Gasteiger partial charge on any atom is 0.328 e. The van der Waals surface area contributed by atoms with Crippen LogP contribution in [0.15, 0.2) is 72.8 Å². The number of carbonyl (C=O) groups is 2. The lowest BCUT2D eigenvalue weighted by molar-refractivity contribution is -0.142. The van der Waals surface area contributed by atoms with Crippen LogP contribution in [0.2, 0.25) is 0 Å². The largest absolute Gasteiger partial charge is 0.467 e. The van der Waals surface area contributed by atoms with Gasteiger partial charge in [-0.2, -0.15) is 0 Å². The molecule has 1 amide bonds. The van der Waals surface area contributed by atoms with Crippen molar-refractivity contribution < 1.29 is 14.3 Å². The zero-order chi connectivity index (χ0) is 23.6. The number of methoxy groups -OCH3 is 1. The molecule has 0 fully saturated rings. The van der Waals surface area contributed by atoms with Crippen molar-refractivity contribution in [3.8, 4) is 0 Å². The van der Waals surface area contributed by atoms with Crippen molar-refractivity contribution in [3.63, 3.8) is 0 Å². The third kappa shape index (κ3) is 4.72. The lowest BCUT2D eigenvalue weighted by Crippen LogP contribution is -2.43. The van der Waals surface area contributed by atoms with Crippen molar-refractivity contribution in [3.05, 3.63) is 89.5 Å². The molecule has 0 saturated heterocycles. The number of rotatable bonds is 5. The maximum atomic E-state index is 13.5. The summed E-state index contributed by atoms with van der Waals surface area (Å²) in [7, 11) is 1.33. The number of benzene rings is 3. The summed E-state index contributed by atoms with van der Waals surface area (Å²) >= 11 is 0. The summed E-state index contributed by atoms with van der Waals surface area (Å²) in [4.78, 5) is 30.8. The Labute approximate surface area is 193 Å². The van der Waals surface area contributed by atoms with Gasteiger partial charge in [-0.1, -0.05) is 81.4 Å². The van der Waals surface area contributed by atoms with Crippen molar-refractivity contribution in [1.82, 2.24) is 10.3 Å². The predicted molar refractivity (Wildman–Crippen MR) is 131 cm³/mol. The second-order valence-corrected chi connectivity index (χ2v) is 9.22. The lowest BCUT2D eigenvalue weighted by atomic mass is 9.86. The Morgan fingerprint density at radius 2 is 1.42 bits per heavy atom. The number of hydrogen-bond acceptors (Lipinski definition) is 4. The van der Waals surface area contributed by atoms with E-state index in [0.29, 0.717) is 12.0 Å². The highest BCUT2D eigenvalue weighted by Gasteiger charge is 2.25. The van der Waals surface area contributed by atoms with Crippen molar-refractivity contribution in [2.45, 2.75) is 38.6 Å². The molecule has 0 saturated carbocycles. The Kier molecular flexibility index (Phi) is 6.14. The topological polar surface area (TPSA) is 68.3 Å². The van der Waals surface area contributed by atoms with Gasteiger partial charge in [0, 0.05) is 17.2 Å². The Balaban J connectivity index is 1.68. The van der Waals surface area contributed by atoms with Crippen molar-refractivity contribution >= 4 is 33.7 Å². The van der Waals surface area contributed by atoms with E-state index in [1.165, 1.54) is 12.7 Å². The molecule has 33 heavy (non-hydrogen) atoms. The molecule has 0 aliphatic rings. The SMILES string of the molecule is COC(=O)[C@H](Cc1ccc(C(C)(C)C)cc1)NC(=O)c1c2ccccc2nc2ccccc12. The summed E-state index contributed by atoms with van der Waals surface area (Å²) in [6.07, 6.45) is 0.337. The Morgan fingerprint density at radius 1 is 0.879 bits per heavy atom. The molecule has 5 nitrogen and oxygen atoms in total. The third-order valence-corrected chi connectivity index (χ3v) is 5.87. The number of nitrogens with zero attached hydrogens (tertiary/aromatic N) is 1. The van der Waals surface area contributed by atoms with Crippen molar-refractivity contribution in [2.24, 2.45) is 0 Å². The summed E-state index contributed by atoms with van der Waals surface area (Å²) in [5, 5.41) is 4.41. The number of ether oxygens (including phenoxy) is 1. The quantitative estimate of drug-likeness (QED) is 0.342. The lowest BCUT2D eigenvalue weighted by Gasteiger charge is -2.21. The van der Waals surface area contributed by atoms with Gasteiger partial charge in [0.1, 0.15) is 6.04 Å². The third-order valence-electron chi connectivity index (χ3n) is 5.87. The second-order valence-electron chi connectivity index (χ2n) is 9.22. The molecule has 168 valence electrons. The van der Waals surface area contributed by atoms with E-state index in [1.807, 2.05) is 60.7 Å². The van der Waals surface area contributed by atoms with Crippen LogP contribution in [0.5, 0.6) is 0 Å². The van der Waals surface area contributed by atoms with Gasteiger partial charge in [0.2, 0.25) is 0 Å². The molecule has 1 aromatic heterocycles. The molecule has 0 bridgehead atoms. The van der Waals surface area contributed by atoms with E-state index in [-0.39, 0.29) is 11.3 Å². The molecule has 3 aromatic carbocycles. The molecule has 1 atom stereocenters. The normalized spacial score (nSPS) is 12.5. The summed E-state index contributed by atoms with van der Waals surface area (Å²) in [5.74, 6) is -0.808. The van der Waals surface area contributed by atoms with Crippen LogP contribution in [0, 0.1) is 0 Å². The van der Waals surface area contributed by atoms with E-state index in [0.717, 1.165) is 27.4 Å². The highest BCUT2D eigenvalue weighted by molar-refractivity contribution is 6.16. The average Bonchev–Trinajstić information content (AvgIpc) is 2.81. The predicted octanol–water partition coefficient (Wildman–Crippen LogP) is 5.20. The van der Waals surface area contributed by atoms with E-state index in [1.54, 1.807) is 0 Å². The molecule has 0 spiro atoms. The maximum absolute atomic E-state index is 13.5. The molecule has 0 aliphatic carbocycles. The Bertz CT molecular complexity index is 1270. The number of aromatic nitrogens is 1. The smallest absolute Gasteiger partial charge is 0.328 e. The first kappa shape index (κ1) is 22.5. The standard InChI is InChI=1S/C28H28N2O3/c1-28(2,3)19-15-13-18(14-16-19)17-24(27(32)33-4)30-26(31)25-20-9-5-7-11-22(20)29-23-12-8-6-10-21(23)25/h5-16,24H,17H2,1-4H3,(H,30,31)/t24-/m0/s1. The number of esters is 1. The van der Waals surface area contributed by atoms with Gasteiger partial charge in [0.15, 0.2) is 0 Å². The van der Waals surface area contributed by atoms with Gasteiger partial charge >= 0.3 is 5.97 Å². The zero-order valence-corrected chi connectivity index (χ0v) is 19.4. The van der Waals surface area contributed by atoms with Gasteiger partial charge in [0.25, 0.3) is 5.91 Å². The minimum Gasteiger partial charge on any atom is -0.467 e. The fourth-order valence-electron chi connectivity index (χ4n) is 4.03. The van der Waals surface area contributed by atoms with E-state index < -0.39 is 12.0 Å². The zero-order valence-electron chi connectivity index (χ0n) is 19.4. The van der Waals surface area contributed by atoms with Crippen LogP contribution in [0.4, 0.5) is 0 Å². The van der Waals surface area contributed by atoms with E-state index in [2.05, 4.69) is 43.2 Å². The van der Waals surface area contributed by atoms with Gasteiger partial charge in [-0.25, -0.2) is 9.78 Å². The van der Waals surface area contributed by atoms with Gasteiger partial charge in [-0.05, 0) is 28.7 Å².